The summed E-state index contributed by atoms with van der Waals surface area (Å²) in [5.41, 5.74) is 9.62. The van der Waals surface area contributed by atoms with Gasteiger partial charge < -0.3 is 21.1 Å². The molecule has 8 nitrogen and oxygen atoms in total. The molecule has 0 amide bonds. The fourth-order valence-electron chi connectivity index (χ4n) is 4.21. The van der Waals surface area contributed by atoms with Crippen molar-refractivity contribution in [1.29, 1.82) is 0 Å². The van der Waals surface area contributed by atoms with Crippen LogP contribution in [0.3, 0.4) is 0 Å². The molecular formula is C24H33N7O. The lowest BCUT2D eigenvalue weighted by atomic mass is 9.95. The molecule has 0 bridgehead atoms. The highest BCUT2D eigenvalue weighted by Crippen LogP contribution is 2.30. The summed E-state index contributed by atoms with van der Waals surface area (Å²) in [6, 6.07) is 3.74. The molecule has 32 heavy (non-hydrogen) atoms. The van der Waals surface area contributed by atoms with E-state index in [1.807, 2.05) is 31.6 Å². The van der Waals surface area contributed by atoms with Gasteiger partial charge in [0.1, 0.15) is 11.3 Å². The molecule has 4 N–H and O–H groups in total. The number of nitrogens with zero attached hydrogens (tertiary/aromatic N) is 5. The van der Waals surface area contributed by atoms with E-state index in [0.29, 0.717) is 17.3 Å². The number of aliphatic hydroxyl groups excluding tert-OH is 1. The van der Waals surface area contributed by atoms with Gasteiger partial charge in [-0.15, -0.1) is 0 Å². The molecule has 1 aliphatic rings. The second-order valence-corrected chi connectivity index (χ2v) is 9.25. The molecule has 2 unspecified atom stereocenters. The van der Waals surface area contributed by atoms with E-state index in [9.17, 15) is 5.11 Å². The largest absolute Gasteiger partial charge is 0.394 e. The predicted molar refractivity (Wildman–Crippen MR) is 130 cm³/mol. The van der Waals surface area contributed by atoms with E-state index in [2.05, 4.69) is 44.0 Å². The molecule has 4 heterocycles. The van der Waals surface area contributed by atoms with Crippen molar-refractivity contribution in [2.75, 3.05) is 35.6 Å². The van der Waals surface area contributed by atoms with Crippen LogP contribution in [0, 0.1) is 5.92 Å². The Morgan fingerprint density at radius 2 is 1.94 bits per heavy atom. The van der Waals surface area contributed by atoms with Gasteiger partial charge in [0.2, 0.25) is 5.95 Å². The van der Waals surface area contributed by atoms with Crippen molar-refractivity contribution >= 4 is 28.5 Å². The predicted octanol–water partition coefficient (Wildman–Crippen LogP) is 3.87. The highest BCUT2D eigenvalue weighted by Gasteiger charge is 2.24. The highest BCUT2D eigenvalue weighted by atomic mass is 16.3. The molecule has 0 radical (unpaired) electrons. The van der Waals surface area contributed by atoms with Crippen LogP contribution >= 0.6 is 0 Å². The zero-order chi connectivity index (χ0) is 22.7. The lowest BCUT2D eigenvalue weighted by molar-refractivity contribution is 0.212. The Morgan fingerprint density at radius 1 is 1.19 bits per heavy atom. The molecule has 1 saturated heterocycles. The van der Waals surface area contributed by atoms with Crippen LogP contribution in [0.1, 0.15) is 46.5 Å². The summed E-state index contributed by atoms with van der Waals surface area (Å²) in [4.78, 5) is 20.6. The Morgan fingerprint density at radius 3 is 2.59 bits per heavy atom. The van der Waals surface area contributed by atoms with Crippen LogP contribution in [0.25, 0.3) is 22.2 Å². The molecule has 1 fully saturated rings. The van der Waals surface area contributed by atoms with Gasteiger partial charge in [-0.2, -0.15) is 0 Å². The van der Waals surface area contributed by atoms with E-state index in [-0.39, 0.29) is 6.61 Å². The Kier molecular flexibility index (Phi) is 6.41. The average molecular weight is 436 g/mol. The number of anilines is 3. The molecule has 2 atom stereocenters. The number of nitrogen functional groups attached to an aromatic ring is 1. The van der Waals surface area contributed by atoms with Crippen molar-refractivity contribution in [2.45, 2.75) is 52.0 Å². The monoisotopic (exact) mass is 435 g/mol. The van der Waals surface area contributed by atoms with E-state index >= 15 is 0 Å². The summed E-state index contributed by atoms with van der Waals surface area (Å²) in [5.74, 6) is 1.86. The van der Waals surface area contributed by atoms with Crippen molar-refractivity contribution in [1.82, 2.24) is 19.9 Å². The average Bonchev–Trinajstić information content (AvgIpc) is 3.23. The van der Waals surface area contributed by atoms with Gasteiger partial charge in [-0.1, -0.05) is 26.7 Å². The van der Waals surface area contributed by atoms with E-state index in [4.69, 9.17) is 5.73 Å². The topological polar surface area (TPSA) is 113 Å². The Bertz CT molecular complexity index is 1070. The van der Waals surface area contributed by atoms with Gasteiger partial charge >= 0.3 is 0 Å². The Hall–Kier alpha value is -3.00. The fourth-order valence-corrected chi connectivity index (χ4v) is 4.21. The lowest BCUT2D eigenvalue weighted by Crippen LogP contribution is -2.38. The molecule has 1 aliphatic heterocycles. The fraction of sp³-hybridized carbons (Fsp3) is 0.500. The van der Waals surface area contributed by atoms with Crippen LogP contribution in [0.15, 0.2) is 30.7 Å². The van der Waals surface area contributed by atoms with Crippen molar-refractivity contribution in [2.24, 2.45) is 5.92 Å². The van der Waals surface area contributed by atoms with Crippen molar-refractivity contribution in [3.05, 3.63) is 30.7 Å². The van der Waals surface area contributed by atoms with Gasteiger partial charge in [0.05, 0.1) is 23.3 Å². The molecular weight excluding hydrogens is 402 g/mol. The number of hydrogen-bond acceptors (Lipinski definition) is 8. The number of aliphatic hydroxyl groups is 1. The Balaban J connectivity index is 1.62. The Labute approximate surface area is 189 Å². The van der Waals surface area contributed by atoms with E-state index < -0.39 is 5.54 Å². The van der Waals surface area contributed by atoms with Crippen molar-refractivity contribution in [3.63, 3.8) is 0 Å². The number of unbranched alkanes of at least 4 members (excludes halogenated alkanes) is 1. The number of aromatic nitrogens is 4. The van der Waals surface area contributed by atoms with Gasteiger partial charge in [-0.3, -0.25) is 4.98 Å². The van der Waals surface area contributed by atoms with Gasteiger partial charge in [0.25, 0.3) is 0 Å². The molecule has 170 valence electrons. The van der Waals surface area contributed by atoms with Crippen LogP contribution in [-0.4, -0.2) is 50.3 Å². The number of hydrogen-bond donors (Lipinski definition) is 3. The maximum atomic E-state index is 9.98. The smallest absolute Gasteiger partial charge is 0.225 e. The number of nitrogens with one attached hydrogen (secondary N) is 1. The van der Waals surface area contributed by atoms with Gasteiger partial charge in [0.15, 0.2) is 0 Å². The summed E-state index contributed by atoms with van der Waals surface area (Å²) >= 11 is 0. The maximum absolute atomic E-state index is 9.98. The standard InChI is InChI=1S/C24H33N7O/c1-4-5-7-24(3,15-32)30-20-10-21(25)29-19-9-17(11-26-22(19)20)18-12-27-23(28-13-18)31-8-6-16(2)14-31/h9-13,16,32H,4-8,14-15H2,1-3H3,(H3,25,29,30). The van der Waals surface area contributed by atoms with Gasteiger partial charge in [-0.25, -0.2) is 15.0 Å². The van der Waals surface area contributed by atoms with E-state index in [0.717, 1.165) is 60.6 Å². The molecule has 0 saturated carbocycles. The third-order valence-electron chi connectivity index (χ3n) is 6.21. The highest BCUT2D eigenvalue weighted by molar-refractivity contribution is 5.91. The maximum Gasteiger partial charge on any atom is 0.225 e. The van der Waals surface area contributed by atoms with Crippen molar-refractivity contribution in [3.8, 4) is 11.1 Å². The van der Waals surface area contributed by atoms with Crippen molar-refractivity contribution < 1.29 is 5.11 Å². The second-order valence-electron chi connectivity index (χ2n) is 9.25. The third kappa shape index (κ3) is 4.75. The van der Waals surface area contributed by atoms with Crippen LogP contribution in [0.5, 0.6) is 0 Å². The summed E-state index contributed by atoms with van der Waals surface area (Å²) in [5, 5.41) is 13.4. The first kappa shape index (κ1) is 22.2. The summed E-state index contributed by atoms with van der Waals surface area (Å²) in [6.07, 6.45) is 9.60. The zero-order valence-electron chi connectivity index (χ0n) is 19.2. The molecule has 8 heteroatoms. The molecule has 3 aromatic rings. The van der Waals surface area contributed by atoms with Crippen LogP contribution in [0.2, 0.25) is 0 Å². The van der Waals surface area contributed by atoms with Gasteiger partial charge in [0, 0.05) is 48.9 Å². The van der Waals surface area contributed by atoms with Gasteiger partial charge in [-0.05, 0) is 31.7 Å². The first-order valence-electron chi connectivity index (χ1n) is 11.4. The minimum Gasteiger partial charge on any atom is -0.394 e. The first-order valence-corrected chi connectivity index (χ1v) is 11.4. The summed E-state index contributed by atoms with van der Waals surface area (Å²) < 4.78 is 0. The molecule has 0 aromatic carbocycles. The molecule has 3 aromatic heterocycles. The minimum absolute atomic E-state index is 0.0221. The number of pyridine rings is 2. The third-order valence-corrected chi connectivity index (χ3v) is 6.21. The quantitative estimate of drug-likeness (QED) is 0.489. The number of nitrogens with two attached hydrogens (primary N) is 1. The number of rotatable bonds is 8. The lowest BCUT2D eigenvalue weighted by Gasteiger charge is -2.30. The molecule has 0 spiro atoms. The van der Waals surface area contributed by atoms with E-state index in [1.54, 1.807) is 6.07 Å². The number of fused-ring (bicyclic) bond motifs is 1. The van der Waals surface area contributed by atoms with Crippen LogP contribution in [0.4, 0.5) is 17.5 Å². The molecule has 4 rings (SSSR count). The van der Waals surface area contributed by atoms with E-state index in [1.165, 1.54) is 6.42 Å². The SMILES string of the molecule is CCCCC(C)(CO)Nc1cc(N)nc2cc(-c3cnc(N4CCC(C)C4)nc3)cnc12. The van der Waals surface area contributed by atoms with Crippen LogP contribution < -0.4 is 16.0 Å². The normalized spacial score (nSPS) is 18.1. The summed E-state index contributed by atoms with van der Waals surface area (Å²) in [6.45, 7) is 8.43. The second kappa shape index (κ2) is 9.24. The molecule has 0 aliphatic carbocycles. The first-order chi connectivity index (χ1) is 15.4. The zero-order valence-corrected chi connectivity index (χ0v) is 19.2. The van der Waals surface area contributed by atoms with Crippen LogP contribution in [-0.2, 0) is 0 Å². The minimum atomic E-state index is -0.451. The summed E-state index contributed by atoms with van der Waals surface area (Å²) in [7, 11) is 0.